The van der Waals surface area contributed by atoms with Crippen LogP contribution in [0.15, 0.2) is 0 Å². The highest BCUT2D eigenvalue weighted by Crippen LogP contribution is 2.24. The number of rotatable bonds is 5. The first-order valence-corrected chi connectivity index (χ1v) is 6.16. The maximum Gasteiger partial charge on any atom is 0.323 e. The van der Waals surface area contributed by atoms with E-state index in [0.29, 0.717) is 5.75 Å². The van der Waals surface area contributed by atoms with Crippen LogP contribution >= 0.6 is 11.8 Å². The Kier molecular flexibility index (Phi) is 5.63. The van der Waals surface area contributed by atoms with Gasteiger partial charge in [0.15, 0.2) is 0 Å². The lowest BCUT2D eigenvalue weighted by Crippen LogP contribution is -2.50. The summed E-state index contributed by atoms with van der Waals surface area (Å²) < 4.78 is 4.54. The van der Waals surface area contributed by atoms with Crippen molar-refractivity contribution in [3.8, 4) is 0 Å². The van der Waals surface area contributed by atoms with Crippen molar-refractivity contribution in [3.05, 3.63) is 0 Å². The molecule has 0 aromatic heterocycles. The van der Waals surface area contributed by atoms with Crippen molar-refractivity contribution < 1.29 is 30.0 Å². The molecule has 1 fully saturated rings. The molecule has 1 saturated heterocycles. The highest BCUT2D eigenvalue weighted by Gasteiger charge is 2.38. The van der Waals surface area contributed by atoms with Crippen molar-refractivity contribution in [2.75, 3.05) is 19.5 Å². The van der Waals surface area contributed by atoms with Gasteiger partial charge in [-0.05, 0) is 0 Å². The number of carbonyl (C=O) groups excluding carboxylic acids is 1. The summed E-state index contributed by atoms with van der Waals surface area (Å²) in [6.45, 7) is -0.643. The van der Waals surface area contributed by atoms with Gasteiger partial charge in [0.25, 0.3) is 0 Å². The smallest absolute Gasteiger partial charge is 0.323 e. The molecule has 1 heterocycles. The van der Waals surface area contributed by atoms with Crippen molar-refractivity contribution in [2.24, 2.45) is 0 Å². The van der Waals surface area contributed by atoms with E-state index >= 15 is 0 Å². The number of carbonyl (C=O) groups is 1. The van der Waals surface area contributed by atoms with Gasteiger partial charge in [-0.2, -0.15) is 0 Å². The van der Waals surface area contributed by atoms with E-state index in [2.05, 4.69) is 10.1 Å². The number of hydrogen-bond donors (Lipinski definition) is 5. The monoisotopic (exact) mass is 267 g/mol. The van der Waals surface area contributed by atoms with Crippen LogP contribution in [0, 0.1) is 0 Å². The summed E-state index contributed by atoms with van der Waals surface area (Å²) in [6.07, 6.45) is -4.16. The molecule has 5 atom stereocenters. The Balaban J connectivity index is 2.50. The number of methoxy groups -OCH3 is 1. The predicted octanol–water partition coefficient (Wildman–Crippen LogP) is -2.73. The molecular weight excluding hydrogens is 250 g/mol. The molecule has 100 valence electrons. The normalized spacial score (nSPS) is 29.7. The van der Waals surface area contributed by atoms with E-state index in [-0.39, 0.29) is 0 Å². The molecule has 0 saturated carbocycles. The third-order valence-corrected chi connectivity index (χ3v) is 3.83. The number of nitrogens with one attached hydrogen (secondary N) is 1. The van der Waals surface area contributed by atoms with Crippen LogP contribution in [-0.2, 0) is 9.53 Å². The van der Waals surface area contributed by atoms with Gasteiger partial charge in [0.05, 0.1) is 19.1 Å². The number of hydrogen-bond acceptors (Lipinski definition) is 8. The lowest BCUT2D eigenvalue weighted by Gasteiger charge is -2.26. The lowest BCUT2D eigenvalue weighted by atomic mass is 10.1. The number of ether oxygens (including phenoxy) is 1. The van der Waals surface area contributed by atoms with Gasteiger partial charge in [0.2, 0.25) is 0 Å². The number of thioether (sulfide) groups is 1. The molecular formula is C9H17NO6S. The average molecular weight is 267 g/mol. The van der Waals surface area contributed by atoms with Gasteiger partial charge in [-0.15, -0.1) is 11.8 Å². The minimum Gasteiger partial charge on any atom is -0.468 e. The van der Waals surface area contributed by atoms with Gasteiger partial charge in [-0.25, -0.2) is 0 Å². The highest BCUT2D eigenvalue weighted by atomic mass is 32.2. The molecule has 0 spiro atoms. The zero-order chi connectivity index (χ0) is 13.0. The Bertz CT molecular complexity index is 266. The van der Waals surface area contributed by atoms with Crippen molar-refractivity contribution in [3.63, 3.8) is 0 Å². The van der Waals surface area contributed by atoms with E-state index in [4.69, 9.17) is 5.11 Å². The van der Waals surface area contributed by atoms with Gasteiger partial charge in [0, 0.05) is 5.75 Å². The van der Waals surface area contributed by atoms with Crippen LogP contribution in [0.3, 0.4) is 0 Å². The van der Waals surface area contributed by atoms with Gasteiger partial charge in [-0.1, -0.05) is 0 Å². The van der Waals surface area contributed by atoms with E-state index in [9.17, 15) is 20.1 Å². The summed E-state index contributed by atoms with van der Waals surface area (Å²) in [5.74, 6) is -0.0273. The summed E-state index contributed by atoms with van der Waals surface area (Å²) in [5, 5.41) is 39.3. The van der Waals surface area contributed by atoms with Crippen LogP contribution in [0.5, 0.6) is 0 Å². The molecule has 1 aliphatic rings. The Morgan fingerprint density at radius 3 is 2.71 bits per heavy atom. The second kappa shape index (κ2) is 6.53. The third kappa shape index (κ3) is 3.54. The minimum absolute atomic E-state index is 0.413. The SMILES string of the molecule is COC(=O)C1CSC(C(O)C(O)C(O)CO)N1. The molecule has 0 aliphatic carbocycles. The van der Waals surface area contributed by atoms with Gasteiger partial charge < -0.3 is 25.2 Å². The number of aliphatic hydroxyl groups excluding tert-OH is 4. The van der Waals surface area contributed by atoms with Gasteiger partial charge in [0.1, 0.15) is 24.4 Å². The van der Waals surface area contributed by atoms with E-state index in [1.807, 2.05) is 0 Å². The molecule has 0 radical (unpaired) electrons. The van der Waals surface area contributed by atoms with Crippen molar-refractivity contribution in [1.82, 2.24) is 5.32 Å². The van der Waals surface area contributed by atoms with Crippen molar-refractivity contribution in [1.29, 1.82) is 0 Å². The molecule has 7 nitrogen and oxygen atoms in total. The second-order valence-corrected chi connectivity index (χ2v) is 4.90. The molecule has 8 heteroatoms. The van der Waals surface area contributed by atoms with Crippen molar-refractivity contribution >= 4 is 17.7 Å². The molecule has 1 aliphatic heterocycles. The fraction of sp³-hybridized carbons (Fsp3) is 0.889. The van der Waals surface area contributed by atoms with Crippen LogP contribution in [0.2, 0.25) is 0 Å². The number of aliphatic hydroxyl groups is 4. The topological polar surface area (TPSA) is 119 Å². The van der Waals surface area contributed by atoms with E-state index in [1.165, 1.54) is 18.9 Å². The van der Waals surface area contributed by atoms with Crippen LogP contribution in [0.4, 0.5) is 0 Å². The Hall–Kier alpha value is -0.380. The fourth-order valence-corrected chi connectivity index (χ4v) is 2.74. The minimum atomic E-state index is -1.47. The van der Waals surface area contributed by atoms with Gasteiger partial charge >= 0.3 is 5.97 Å². The summed E-state index contributed by atoms with van der Waals surface area (Å²) >= 11 is 1.24. The van der Waals surface area contributed by atoms with Crippen LogP contribution in [0.25, 0.3) is 0 Å². The predicted molar refractivity (Wildman–Crippen MR) is 60.3 cm³/mol. The summed E-state index contributed by atoms with van der Waals surface area (Å²) in [6, 6.07) is -0.539. The first-order valence-electron chi connectivity index (χ1n) is 5.11. The number of esters is 1. The molecule has 0 amide bonds. The van der Waals surface area contributed by atoms with Crippen molar-refractivity contribution in [2.45, 2.75) is 29.7 Å². The fourth-order valence-electron chi connectivity index (χ4n) is 1.48. The zero-order valence-electron chi connectivity index (χ0n) is 9.31. The molecule has 17 heavy (non-hydrogen) atoms. The van der Waals surface area contributed by atoms with E-state index < -0.39 is 42.3 Å². The molecule has 0 aromatic carbocycles. The average Bonchev–Trinajstić information content (AvgIpc) is 2.84. The van der Waals surface area contributed by atoms with E-state index in [0.717, 1.165) is 0 Å². The Labute approximate surface area is 103 Å². The van der Waals surface area contributed by atoms with Crippen LogP contribution < -0.4 is 5.32 Å². The third-order valence-electron chi connectivity index (χ3n) is 2.53. The zero-order valence-corrected chi connectivity index (χ0v) is 10.1. The first kappa shape index (κ1) is 14.7. The molecule has 5 N–H and O–H groups in total. The van der Waals surface area contributed by atoms with Gasteiger partial charge in [-0.3, -0.25) is 10.1 Å². The maximum absolute atomic E-state index is 11.2. The summed E-state index contributed by atoms with van der Waals surface area (Å²) in [4.78, 5) is 11.2. The van der Waals surface area contributed by atoms with Crippen LogP contribution in [0.1, 0.15) is 0 Å². The second-order valence-electron chi connectivity index (χ2n) is 3.73. The largest absolute Gasteiger partial charge is 0.468 e. The first-order chi connectivity index (χ1) is 8.01. The maximum atomic E-state index is 11.2. The molecule has 0 bridgehead atoms. The lowest BCUT2D eigenvalue weighted by molar-refractivity contribution is -0.142. The molecule has 0 aromatic rings. The highest BCUT2D eigenvalue weighted by molar-refractivity contribution is 8.00. The Morgan fingerprint density at radius 2 is 2.18 bits per heavy atom. The summed E-state index contributed by atoms with van der Waals surface area (Å²) in [7, 11) is 1.27. The Morgan fingerprint density at radius 1 is 1.53 bits per heavy atom. The van der Waals surface area contributed by atoms with Crippen LogP contribution in [-0.4, -0.2) is 75.6 Å². The molecule has 1 rings (SSSR count). The van der Waals surface area contributed by atoms with E-state index in [1.54, 1.807) is 0 Å². The quantitative estimate of drug-likeness (QED) is 0.341. The summed E-state index contributed by atoms with van der Waals surface area (Å²) in [5.41, 5.74) is 0. The standard InChI is InChI=1S/C9H17NO6S/c1-16-9(15)4-3-17-8(10-4)7(14)6(13)5(12)2-11/h4-8,10-14H,2-3H2,1H3. The molecule has 5 unspecified atom stereocenters.